The minimum Gasteiger partial charge on any atom is -0.439 e. The Balaban J connectivity index is 1.24. The summed E-state index contributed by atoms with van der Waals surface area (Å²) in [7, 11) is 1.86. The third-order valence-electron chi connectivity index (χ3n) is 6.26. The average molecular weight is 451 g/mol. The fourth-order valence-corrected chi connectivity index (χ4v) is 4.30. The number of allylic oxidation sites excluding steroid dienone is 1. The Morgan fingerprint density at radius 1 is 1.19 bits per heavy atom. The van der Waals surface area contributed by atoms with Crippen molar-refractivity contribution in [2.75, 3.05) is 31.1 Å². The third kappa shape index (κ3) is 3.30. The molecule has 0 aromatic carbocycles. The fourth-order valence-electron chi connectivity index (χ4n) is 4.30. The summed E-state index contributed by atoms with van der Waals surface area (Å²) >= 11 is 0. The van der Waals surface area contributed by atoms with Gasteiger partial charge in [-0.3, -0.25) is 9.67 Å². The number of carbonyl (C=O) groups is 1. The number of piperazine rings is 1. The summed E-state index contributed by atoms with van der Waals surface area (Å²) in [5.41, 5.74) is 5.10. The second-order valence-corrected chi connectivity index (χ2v) is 8.32. The van der Waals surface area contributed by atoms with Gasteiger partial charge in [-0.1, -0.05) is 0 Å². The highest BCUT2D eigenvalue weighted by atomic mass is 19.3. The van der Waals surface area contributed by atoms with Gasteiger partial charge in [0.25, 0.3) is 0 Å². The van der Waals surface area contributed by atoms with Gasteiger partial charge in [0.15, 0.2) is 6.10 Å². The first-order valence-electron chi connectivity index (χ1n) is 10.3. The molecule has 3 heterocycles. The van der Waals surface area contributed by atoms with E-state index in [4.69, 9.17) is 0 Å². The van der Waals surface area contributed by atoms with Gasteiger partial charge in [-0.25, -0.2) is 4.79 Å². The summed E-state index contributed by atoms with van der Waals surface area (Å²) in [6.45, 7) is 1.39. The van der Waals surface area contributed by atoms with Crippen LogP contribution < -0.4 is 4.90 Å². The van der Waals surface area contributed by atoms with E-state index in [-0.39, 0.29) is 13.1 Å². The van der Waals surface area contributed by atoms with Gasteiger partial charge in [0, 0.05) is 68.9 Å². The van der Waals surface area contributed by atoms with Crippen LogP contribution in [-0.4, -0.2) is 69.9 Å². The average Bonchev–Trinajstić information content (AvgIpc) is 3.39. The van der Waals surface area contributed by atoms with Gasteiger partial charge in [-0.05, 0) is 17.7 Å². The van der Waals surface area contributed by atoms with Crippen molar-refractivity contribution in [2.45, 2.75) is 30.8 Å². The van der Waals surface area contributed by atoms with Gasteiger partial charge in [0.1, 0.15) is 0 Å². The molecule has 1 atom stereocenters. The molecule has 2 aromatic heterocycles. The smallest absolute Gasteiger partial charge is 0.410 e. The fraction of sp³-hybridized carbons (Fsp3) is 0.476. The molecular formula is C21H21F4N5O2. The molecule has 1 saturated carbocycles. The molecule has 0 radical (unpaired) electrons. The zero-order chi connectivity index (χ0) is 22.7. The molecule has 2 fully saturated rings. The maximum atomic E-state index is 13.4. The number of aryl methyl sites for hydroxylation is 1. The Hall–Kier alpha value is -3.11. The largest absolute Gasteiger partial charge is 0.439 e. The standard InChI is InChI=1S/C21H21F4N5O2/c1-28-12-14(11-27-28)13-8-15-16(9-13)26-3-2-17(15)29-4-6-30(7-5-29)19(31)32-18-10-20(22,23)21(18,24)25/h2-3,8,11-12,18H,4-7,9-10H2,1H3. The molecule has 1 unspecified atom stereocenters. The van der Waals surface area contributed by atoms with Crippen molar-refractivity contribution in [3.63, 3.8) is 0 Å². The molecule has 7 nitrogen and oxygen atoms in total. The molecule has 3 aliphatic rings. The second-order valence-electron chi connectivity index (χ2n) is 8.32. The second kappa shape index (κ2) is 7.21. The number of fused-ring (bicyclic) bond motifs is 1. The molecule has 0 N–H and O–H groups in total. The van der Waals surface area contributed by atoms with E-state index in [0.717, 1.165) is 28.1 Å². The molecule has 0 bridgehead atoms. The van der Waals surface area contributed by atoms with Gasteiger partial charge in [0.2, 0.25) is 0 Å². The summed E-state index contributed by atoms with van der Waals surface area (Å²) < 4.78 is 59.2. The van der Waals surface area contributed by atoms with Gasteiger partial charge >= 0.3 is 17.9 Å². The normalized spacial score (nSPS) is 23.4. The van der Waals surface area contributed by atoms with Crippen molar-refractivity contribution < 1.29 is 27.1 Å². The van der Waals surface area contributed by atoms with Crippen molar-refractivity contribution in [1.29, 1.82) is 0 Å². The minimum absolute atomic E-state index is 0.240. The molecule has 11 heteroatoms. The molecule has 1 aliphatic heterocycles. The van der Waals surface area contributed by atoms with E-state index in [1.165, 1.54) is 4.90 Å². The Kier molecular flexibility index (Phi) is 4.68. The van der Waals surface area contributed by atoms with E-state index in [9.17, 15) is 22.4 Å². The molecule has 2 aromatic rings. The Bertz CT molecular complexity index is 1090. The minimum atomic E-state index is -4.32. The number of carbonyl (C=O) groups excluding carboxylic acids is 1. The first-order chi connectivity index (χ1) is 15.2. The number of ether oxygens (including phenoxy) is 1. The predicted octanol–water partition coefficient (Wildman–Crippen LogP) is 3.21. The van der Waals surface area contributed by atoms with Gasteiger partial charge in [0.05, 0.1) is 18.3 Å². The number of alkyl halides is 4. The predicted molar refractivity (Wildman–Crippen MR) is 108 cm³/mol. The van der Waals surface area contributed by atoms with Gasteiger partial charge in [-0.2, -0.15) is 22.7 Å². The van der Waals surface area contributed by atoms with E-state index >= 15 is 0 Å². The third-order valence-corrected chi connectivity index (χ3v) is 6.26. The van der Waals surface area contributed by atoms with Crippen LogP contribution in [0.4, 0.5) is 28.0 Å². The lowest BCUT2D eigenvalue weighted by Crippen LogP contribution is -2.64. The van der Waals surface area contributed by atoms with Crippen molar-refractivity contribution in [1.82, 2.24) is 19.7 Å². The van der Waals surface area contributed by atoms with Crippen molar-refractivity contribution >= 4 is 23.4 Å². The molecule has 2 aliphatic carbocycles. The molecule has 170 valence electrons. The molecule has 32 heavy (non-hydrogen) atoms. The summed E-state index contributed by atoms with van der Waals surface area (Å²) in [5.74, 6) is -8.44. The number of anilines is 1. The Morgan fingerprint density at radius 3 is 2.56 bits per heavy atom. The molecule has 1 saturated heterocycles. The van der Waals surface area contributed by atoms with Gasteiger partial charge in [-0.15, -0.1) is 0 Å². The van der Waals surface area contributed by atoms with Crippen LogP contribution in [0.25, 0.3) is 11.6 Å². The number of aromatic nitrogens is 3. The highest BCUT2D eigenvalue weighted by molar-refractivity contribution is 5.91. The zero-order valence-electron chi connectivity index (χ0n) is 17.3. The maximum Gasteiger partial charge on any atom is 0.410 e. The number of amides is 1. The van der Waals surface area contributed by atoms with E-state index in [1.807, 2.05) is 25.5 Å². The number of halogens is 4. The van der Waals surface area contributed by atoms with Crippen LogP contribution in [-0.2, 0) is 18.2 Å². The molecule has 1 amide bonds. The first-order valence-corrected chi connectivity index (χ1v) is 10.3. The number of hydrogen-bond donors (Lipinski definition) is 0. The van der Waals surface area contributed by atoms with Crippen LogP contribution in [0.5, 0.6) is 0 Å². The SMILES string of the molecule is Cn1cc(C2=Cc3c(N4CCN(C(=O)OC5CC(F)(F)C5(F)F)CC4)ccnc3C2)cn1. The van der Waals surface area contributed by atoms with Crippen molar-refractivity contribution in [3.8, 4) is 0 Å². The van der Waals surface area contributed by atoms with Crippen LogP contribution in [0.15, 0.2) is 24.7 Å². The molecular weight excluding hydrogens is 430 g/mol. The number of pyridine rings is 1. The van der Waals surface area contributed by atoms with Crippen LogP contribution in [0.1, 0.15) is 23.2 Å². The lowest BCUT2D eigenvalue weighted by Gasteiger charge is -2.43. The number of hydrogen-bond acceptors (Lipinski definition) is 5. The van der Waals surface area contributed by atoms with Gasteiger partial charge < -0.3 is 14.5 Å². The topological polar surface area (TPSA) is 63.5 Å². The zero-order valence-corrected chi connectivity index (χ0v) is 17.3. The highest BCUT2D eigenvalue weighted by Gasteiger charge is 2.74. The van der Waals surface area contributed by atoms with E-state index < -0.39 is 30.5 Å². The molecule has 5 rings (SSSR count). The monoisotopic (exact) mass is 451 g/mol. The highest BCUT2D eigenvalue weighted by Crippen LogP contribution is 2.52. The van der Waals surface area contributed by atoms with E-state index in [2.05, 4.69) is 25.8 Å². The van der Waals surface area contributed by atoms with Crippen molar-refractivity contribution in [2.24, 2.45) is 7.05 Å². The Labute approximate surface area is 181 Å². The lowest BCUT2D eigenvalue weighted by molar-refractivity contribution is -0.330. The first kappa shape index (κ1) is 20.8. The van der Waals surface area contributed by atoms with E-state index in [0.29, 0.717) is 19.5 Å². The maximum absolute atomic E-state index is 13.4. The summed E-state index contributed by atoms with van der Waals surface area (Å²) in [6.07, 6.45) is 4.07. The summed E-state index contributed by atoms with van der Waals surface area (Å²) in [5, 5.41) is 4.22. The lowest BCUT2D eigenvalue weighted by atomic mass is 9.85. The van der Waals surface area contributed by atoms with Crippen molar-refractivity contribution in [3.05, 3.63) is 41.5 Å². The van der Waals surface area contributed by atoms with Crippen LogP contribution in [0.3, 0.4) is 0 Å². The number of rotatable bonds is 3. The van der Waals surface area contributed by atoms with Crippen LogP contribution >= 0.6 is 0 Å². The Morgan fingerprint density at radius 2 is 1.94 bits per heavy atom. The molecule has 0 spiro atoms. The van der Waals surface area contributed by atoms with Crippen LogP contribution in [0, 0.1) is 0 Å². The van der Waals surface area contributed by atoms with Crippen LogP contribution in [0.2, 0.25) is 0 Å². The quantitative estimate of drug-likeness (QED) is 0.671. The summed E-state index contributed by atoms with van der Waals surface area (Å²) in [6, 6.07) is 1.91. The summed E-state index contributed by atoms with van der Waals surface area (Å²) in [4.78, 5) is 20.1. The van der Waals surface area contributed by atoms with E-state index in [1.54, 1.807) is 10.9 Å². The number of nitrogens with zero attached hydrogens (tertiary/aromatic N) is 5.